The van der Waals surface area contributed by atoms with Crippen molar-refractivity contribution >= 4 is 16.8 Å². The molecule has 1 unspecified atom stereocenters. The Kier molecular flexibility index (Phi) is 3.64. The van der Waals surface area contributed by atoms with Crippen LogP contribution >= 0.6 is 0 Å². The van der Waals surface area contributed by atoms with Crippen LogP contribution in [0.1, 0.15) is 66.8 Å². The average Bonchev–Trinajstić information content (AvgIpc) is 3.12. The van der Waals surface area contributed by atoms with Gasteiger partial charge >= 0.3 is 0 Å². The first kappa shape index (κ1) is 17.2. The number of nitrogens with zero attached hydrogens (tertiary/aromatic N) is 6. The molecule has 3 aliphatic rings. The van der Waals surface area contributed by atoms with Crippen LogP contribution in [0.25, 0.3) is 10.9 Å². The van der Waals surface area contributed by atoms with Crippen molar-refractivity contribution in [2.75, 3.05) is 13.1 Å². The van der Waals surface area contributed by atoms with Crippen LogP contribution in [0.15, 0.2) is 30.6 Å². The minimum absolute atomic E-state index is 0.0491. The van der Waals surface area contributed by atoms with E-state index in [2.05, 4.69) is 19.9 Å². The summed E-state index contributed by atoms with van der Waals surface area (Å²) in [4.78, 5) is 15.6. The van der Waals surface area contributed by atoms with Gasteiger partial charge in [-0.3, -0.25) is 9.48 Å². The largest absolute Gasteiger partial charge is 0.336 e. The summed E-state index contributed by atoms with van der Waals surface area (Å²) in [5.41, 5.74) is 1.70. The van der Waals surface area contributed by atoms with E-state index in [1.54, 1.807) is 0 Å². The molecule has 1 spiro atoms. The van der Waals surface area contributed by atoms with E-state index >= 15 is 0 Å². The van der Waals surface area contributed by atoms with Crippen molar-refractivity contribution in [2.24, 2.45) is 12.5 Å². The van der Waals surface area contributed by atoms with Crippen molar-refractivity contribution in [3.8, 4) is 0 Å². The molecule has 2 saturated carbocycles. The number of para-hydroxylation sites is 1. The summed E-state index contributed by atoms with van der Waals surface area (Å²) in [6.07, 6.45) is 9.14. The van der Waals surface area contributed by atoms with Crippen molar-refractivity contribution in [3.63, 3.8) is 0 Å². The van der Waals surface area contributed by atoms with Gasteiger partial charge in [0.2, 0.25) is 0 Å². The highest BCUT2D eigenvalue weighted by molar-refractivity contribution is 6.05. The Bertz CT molecular complexity index is 1090. The minimum Gasteiger partial charge on any atom is -0.336 e. The molecule has 3 fully saturated rings. The summed E-state index contributed by atoms with van der Waals surface area (Å²) < 4.78 is 4.10. The van der Waals surface area contributed by atoms with Crippen LogP contribution in [-0.2, 0) is 7.05 Å². The molecule has 2 aromatic heterocycles. The van der Waals surface area contributed by atoms with Gasteiger partial charge in [-0.25, -0.2) is 0 Å². The van der Waals surface area contributed by atoms with Gasteiger partial charge in [0.05, 0.1) is 5.52 Å². The number of hydrogen-bond acceptors (Lipinski definition) is 4. The fourth-order valence-corrected chi connectivity index (χ4v) is 5.72. The van der Waals surface area contributed by atoms with Crippen molar-refractivity contribution in [1.82, 2.24) is 29.4 Å². The summed E-state index contributed by atoms with van der Waals surface area (Å²) in [5.74, 6) is 1.41. The normalized spacial score (nSPS) is 23.5. The molecule has 2 aliphatic carbocycles. The van der Waals surface area contributed by atoms with Crippen LogP contribution in [0.4, 0.5) is 0 Å². The maximum absolute atomic E-state index is 13.6. The molecule has 7 nitrogen and oxygen atoms in total. The first-order valence-corrected chi connectivity index (χ1v) is 10.8. The number of carbonyl (C=O) groups is 1. The fourth-order valence-electron chi connectivity index (χ4n) is 5.72. The van der Waals surface area contributed by atoms with E-state index in [1.165, 1.54) is 38.5 Å². The maximum Gasteiger partial charge on any atom is 0.275 e. The number of carbonyl (C=O) groups excluding carboxylic acids is 1. The Labute approximate surface area is 169 Å². The quantitative estimate of drug-likeness (QED) is 0.688. The number of likely N-dealkylation sites (tertiary alicyclic amines) is 1. The number of benzene rings is 1. The van der Waals surface area contributed by atoms with Gasteiger partial charge in [-0.15, -0.1) is 10.2 Å². The highest BCUT2D eigenvalue weighted by atomic mass is 16.2. The highest BCUT2D eigenvalue weighted by Crippen LogP contribution is 2.54. The first-order chi connectivity index (χ1) is 14.2. The molecule has 1 saturated heterocycles. The van der Waals surface area contributed by atoms with Gasteiger partial charge in [0, 0.05) is 37.5 Å². The molecule has 0 N–H and O–H groups in total. The van der Waals surface area contributed by atoms with Gasteiger partial charge in [-0.05, 0) is 37.2 Å². The van der Waals surface area contributed by atoms with E-state index in [4.69, 9.17) is 0 Å². The van der Waals surface area contributed by atoms with Crippen LogP contribution in [0.2, 0.25) is 0 Å². The SMILES string of the molecule is Cn1nc(C(=O)N2CC(c3nncn3C3CC3)C3(CCCC3)C2)c2ccccc21. The third kappa shape index (κ3) is 2.56. The van der Waals surface area contributed by atoms with E-state index in [9.17, 15) is 4.79 Å². The second-order valence-corrected chi connectivity index (χ2v) is 9.12. The molecule has 0 radical (unpaired) electrons. The second kappa shape index (κ2) is 6.15. The molecule has 0 bridgehead atoms. The summed E-state index contributed by atoms with van der Waals surface area (Å²) >= 11 is 0. The van der Waals surface area contributed by atoms with Gasteiger partial charge in [0.15, 0.2) is 5.69 Å². The lowest BCUT2D eigenvalue weighted by molar-refractivity contribution is 0.0768. The van der Waals surface area contributed by atoms with E-state index in [0.717, 1.165) is 29.8 Å². The Morgan fingerprint density at radius 2 is 1.97 bits per heavy atom. The Balaban J connectivity index is 1.37. The molecule has 3 aromatic rings. The monoisotopic (exact) mass is 390 g/mol. The molecule has 29 heavy (non-hydrogen) atoms. The molecular weight excluding hydrogens is 364 g/mol. The molecule has 1 atom stereocenters. The van der Waals surface area contributed by atoms with Gasteiger partial charge in [0.25, 0.3) is 5.91 Å². The molecule has 1 aromatic carbocycles. The Hall–Kier alpha value is -2.70. The van der Waals surface area contributed by atoms with Gasteiger partial charge in [-0.1, -0.05) is 31.0 Å². The fraction of sp³-hybridized carbons (Fsp3) is 0.545. The topological polar surface area (TPSA) is 68.8 Å². The summed E-state index contributed by atoms with van der Waals surface area (Å²) in [5, 5.41) is 14.3. The molecule has 3 heterocycles. The second-order valence-electron chi connectivity index (χ2n) is 9.12. The lowest BCUT2D eigenvalue weighted by atomic mass is 9.76. The van der Waals surface area contributed by atoms with Crippen LogP contribution in [-0.4, -0.2) is 48.4 Å². The molecule has 1 aliphatic heterocycles. The lowest BCUT2D eigenvalue weighted by Gasteiger charge is -2.29. The third-order valence-corrected chi connectivity index (χ3v) is 7.35. The van der Waals surface area contributed by atoms with Crippen molar-refractivity contribution in [1.29, 1.82) is 0 Å². The zero-order valence-electron chi connectivity index (χ0n) is 16.8. The van der Waals surface area contributed by atoms with Crippen LogP contribution in [0.3, 0.4) is 0 Å². The maximum atomic E-state index is 13.6. The smallest absolute Gasteiger partial charge is 0.275 e. The number of aryl methyl sites for hydroxylation is 1. The number of fused-ring (bicyclic) bond motifs is 1. The average molecular weight is 390 g/mol. The zero-order valence-corrected chi connectivity index (χ0v) is 16.8. The van der Waals surface area contributed by atoms with Crippen LogP contribution in [0, 0.1) is 5.41 Å². The minimum atomic E-state index is 0.0491. The number of hydrogen-bond donors (Lipinski definition) is 0. The van der Waals surface area contributed by atoms with Crippen molar-refractivity contribution < 1.29 is 4.79 Å². The number of rotatable bonds is 3. The third-order valence-electron chi connectivity index (χ3n) is 7.35. The van der Waals surface area contributed by atoms with Gasteiger partial charge in [-0.2, -0.15) is 5.10 Å². The predicted octanol–water partition coefficient (Wildman–Crippen LogP) is 3.30. The van der Waals surface area contributed by atoms with Gasteiger partial charge < -0.3 is 9.47 Å². The molecular formula is C22H26N6O. The summed E-state index contributed by atoms with van der Waals surface area (Å²) in [6.45, 7) is 1.52. The Morgan fingerprint density at radius 1 is 1.17 bits per heavy atom. The van der Waals surface area contributed by atoms with Crippen molar-refractivity contribution in [2.45, 2.75) is 50.5 Å². The Morgan fingerprint density at radius 3 is 2.76 bits per heavy atom. The lowest BCUT2D eigenvalue weighted by Crippen LogP contribution is -2.31. The molecule has 150 valence electrons. The summed E-state index contributed by atoms with van der Waals surface area (Å²) in [6, 6.07) is 8.54. The predicted molar refractivity (Wildman–Crippen MR) is 109 cm³/mol. The zero-order chi connectivity index (χ0) is 19.6. The number of aromatic nitrogens is 5. The van der Waals surface area contributed by atoms with Crippen molar-refractivity contribution in [3.05, 3.63) is 42.1 Å². The highest BCUT2D eigenvalue weighted by Gasteiger charge is 2.52. The molecule has 6 rings (SSSR count). The first-order valence-electron chi connectivity index (χ1n) is 10.8. The van der Waals surface area contributed by atoms with E-state index < -0.39 is 0 Å². The molecule has 1 amide bonds. The number of amides is 1. The standard InChI is InChI=1S/C22H26N6O/c1-26-18-7-3-2-6-16(18)19(25-26)21(29)27-12-17(22(13-27)10-4-5-11-22)20-24-23-14-28(20)15-8-9-15/h2-3,6-7,14-15,17H,4-5,8-13H2,1H3. The van der Waals surface area contributed by atoms with Gasteiger partial charge in [0.1, 0.15) is 12.2 Å². The summed E-state index contributed by atoms with van der Waals surface area (Å²) in [7, 11) is 1.91. The van der Waals surface area contributed by atoms with Crippen LogP contribution in [0.5, 0.6) is 0 Å². The molecule has 7 heteroatoms. The van der Waals surface area contributed by atoms with E-state index in [-0.39, 0.29) is 17.2 Å². The van der Waals surface area contributed by atoms with E-state index in [0.29, 0.717) is 11.7 Å². The van der Waals surface area contributed by atoms with Crippen LogP contribution < -0.4 is 0 Å². The van der Waals surface area contributed by atoms with E-state index in [1.807, 2.05) is 47.2 Å².